The summed E-state index contributed by atoms with van der Waals surface area (Å²) in [5.41, 5.74) is -0.444. The number of nitrogens with one attached hydrogen (secondary N) is 1. The lowest BCUT2D eigenvalue weighted by atomic mass is 9.98. The second-order valence-corrected chi connectivity index (χ2v) is 5.31. The van der Waals surface area contributed by atoms with E-state index in [1.54, 1.807) is 0 Å². The van der Waals surface area contributed by atoms with Gasteiger partial charge in [0, 0.05) is 25.2 Å². The van der Waals surface area contributed by atoms with E-state index in [1.165, 1.54) is 20.0 Å². The third-order valence-electron chi connectivity index (χ3n) is 3.66. The zero-order valence-corrected chi connectivity index (χ0v) is 10.5. The number of methoxy groups -OCH3 is 1. The second kappa shape index (κ2) is 4.34. The van der Waals surface area contributed by atoms with Gasteiger partial charge in [0.05, 0.1) is 7.11 Å². The fourth-order valence-electron chi connectivity index (χ4n) is 2.44. The summed E-state index contributed by atoms with van der Waals surface area (Å²) in [4.78, 5) is 14.3. The SMILES string of the molecule is COC(=O)C1(NC2CC2)CCN(C(C)C)C1. The molecule has 0 radical (unpaired) electrons. The minimum atomic E-state index is -0.444. The molecule has 1 saturated heterocycles. The quantitative estimate of drug-likeness (QED) is 0.719. The van der Waals surface area contributed by atoms with Crippen molar-refractivity contribution < 1.29 is 9.53 Å². The first-order valence-corrected chi connectivity index (χ1v) is 6.17. The van der Waals surface area contributed by atoms with E-state index >= 15 is 0 Å². The van der Waals surface area contributed by atoms with Gasteiger partial charge in [-0.1, -0.05) is 0 Å². The van der Waals surface area contributed by atoms with E-state index in [4.69, 9.17) is 4.74 Å². The molecule has 0 aromatic rings. The standard InChI is InChI=1S/C12H22N2O2/c1-9(2)14-7-6-12(8-14,11(15)16-3)13-10-4-5-10/h9-10,13H,4-8H2,1-3H3. The lowest BCUT2D eigenvalue weighted by molar-refractivity contribution is -0.148. The van der Waals surface area contributed by atoms with E-state index in [1.807, 2.05) is 0 Å². The van der Waals surface area contributed by atoms with Gasteiger partial charge in [0.1, 0.15) is 5.54 Å². The van der Waals surface area contributed by atoms with Crippen LogP contribution in [0.4, 0.5) is 0 Å². The van der Waals surface area contributed by atoms with E-state index in [-0.39, 0.29) is 5.97 Å². The van der Waals surface area contributed by atoms with Crippen molar-refractivity contribution in [2.75, 3.05) is 20.2 Å². The molecular weight excluding hydrogens is 204 g/mol. The number of likely N-dealkylation sites (tertiary alicyclic amines) is 1. The molecule has 1 unspecified atom stereocenters. The Morgan fingerprint density at radius 2 is 2.19 bits per heavy atom. The number of esters is 1. The van der Waals surface area contributed by atoms with Crippen molar-refractivity contribution in [1.82, 2.24) is 10.2 Å². The Morgan fingerprint density at radius 1 is 1.50 bits per heavy atom. The maximum atomic E-state index is 12.0. The molecule has 92 valence electrons. The van der Waals surface area contributed by atoms with Crippen LogP contribution in [-0.4, -0.2) is 48.7 Å². The molecule has 1 aliphatic carbocycles. The molecule has 0 bridgehead atoms. The summed E-state index contributed by atoms with van der Waals surface area (Å²) in [5.74, 6) is -0.0949. The van der Waals surface area contributed by atoms with Crippen molar-refractivity contribution in [2.24, 2.45) is 0 Å². The van der Waals surface area contributed by atoms with Crippen molar-refractivity contribution in [3.8, 4) is 0 Å². The molecule has 1 saturated carbocycles. The monoisotopic (exact) mass is 226 g/mol. The molecule has 1 aliphatic heterocycles. The summed E-state index contributed by atoms with van der Waals surface area (Å²) in [6.07, 6.45) is 3.26. The fraction of sp³-hybridized carbons (Fsp3) is 0.917. The molecule has 0 aromatic carbocycles. The van der Waals surface area contributed by atoms with Crippen LogP contribution in [0.25, 0.3) is 0 Å². The highest BCUT2D eigenvalue weighted by atomic mass is 16.5. The van der Waals surface area contributed by atoms with Crippen LogP contribution in [0.2, 0.25) is 0 Å². The summed E-state index contributed by atoms with van der Waals surface area (Å²) in [5, 5.41) is 3.49. The molecule has 1 heterocycles. The van der Waals surface area contributed by atoms with Crippen LogP contribution in [0.3, 0.4) is 0 Å². The Bertz CT molecular complexity index is 276. The maximum absolute atomic E-state index is 12.0. The third-order valence-corrected chi connectivity index (χ3v) is 3.66. The smallest absolute Gasteiger partial charge is 0.327 e. The minimum absolute atomic E-state index is 0.0949. The van der Waals surface area contributed by atoms with Crippen molar-refractivity contribution in [2.45, 2.75) is 50.7 Å². The summed E-state index contributed by atoms with van der Waals surface area (Å²) in [6.45, 7) is 6.11. The molecule has 0 aromatic heterocycles. The Kier molecular flexibility index (Phi) is 3.22. The first-order valence-electron chi connectivity index (χ1n) is 6.17. The summed E-state index contributed by atoms with van der Waals surface area (Å²) >= 11 is 0. The topological polar surface area (TPSA) is 41.6 Å². The number of carbonyl (C=O) groups excluding carboxylic acids is 1. The first-order chi connectivity index (χ1) is 7.57. The Balaban J connectivity index is 2.06. The van der Waals surface area contributed by atoms with Crippen LogP contribution in [0.15, 0.2) is 0 Å². The van der Waals surface area contributed by atoms with Gasteiger partial charge in [0.15, 0.2) is 0 Å². The molecule has 1 N–H and O–H groups in total. The number of hydrogen-bond acceptors (Lipinski definition) is 4. The van der Waals surface area contributed by atoms with Crippen LogP contribution >= 0.6 is 0 Å². The molecular formula is C12H22N2O2. The van der Waals surface area contributed by atoms with Gasteiger partial charge in [-0.05, 0) is 33.1 Å². The van der Waals surface area contributed by atoms with Gasteiger partial charge in [-0.3, -0.25) is 15.0 Å². The number of ether oxygens (including phenoxy) is 1. The zero-order chi connectivity index (χ0) is 11.8. The van der Waals surface area contributed by atoms with Crippen LogP contribution in [0, 0.1) is 0 Å². The highest BCUT2D eigenvalue weighted by molar-refractivity contribution is 5.81. The van der Waals surface area contributed by atoms with Crippen molar-refractivity contribution >= 4 is 5.97 Å². The third kappa shape index (κ3) is 2.23. The van der Waals surface area contributed by atoms with Crippen molar-refractivity contribution in [3.05, 3.63) is 0 Å². The van der Waals surface area contributed by atoms with E-state index in [0.29, 0.717) is 12.1 Å². The van der Waals surface area contributed by atoms with E-state index in [0.717, 1.165) is 19.5 Å². The highest BCUT2D eigenvalue weighted by Gasteiger charge is 2.48. The van der Waals surface area contributed by atoms with Crippen LogP contribution < -0.4 is 5.32 Å². The molecule has 0 spiro atoms. The van der Waals surface area contributed by atoms with Gasteiger partial charge < -0.3 is 4.74 Å². The van der Waals surface area contributed by atoms with Crippen molar-refractivity contribution in [3.63, 3.8) is 0 Å². The molecule has 2 fully saturated rings. The zero-order valence-electron chi connectivity index (χ0n) is 10.5. The van der Waals surface area contributed by atoms with Gasteiger partial charge >= 0.3 is 5.97 Å². The Morgan fingerprint density at radius 3 is 2.62 bits per heavy atom. The molecule has 0 amide bonds. The predicted molar refractivity (Wildman–Crippen MR) is 62.2 cm³/mol. The lowest BCUT2D eigenvalue weighted by Crippen LogP contribution is -2.55. The van der Waals surface area contributed by atoms with Gasteiger partial charge in [0.25, 0.3) is 0 Å². The molecule has 16 heavy (non-hydrogen) atoms. The van der Waals surface area contributed by atoms with Gasteiger partial charge in [-0.15, -0.1) is 0 Å². The average molecular weight is 226 g/mol. The Hall–Kier alpha value is -0.610. The molecule has 1 atom stereocenters. The lowest BCUT2D eigenvalue weighted by Gasteiger charge is -2.29. The van der Waals surface area contributed by atoms with Crippen LogP contribution in [-0.2, 0) is 9.53 Å². The van der Waals surface area contributed by atoms with E-state index in [9.17, 15) is 4.79 Å². The predicted octanol–water partition coefficient (Wildman–Crippen LogP) is 0.764. The first kappa shape index (κ1) is 11.9. The van der Waals surface area contributed by atoms with E-state index in [2.05, 4.69) is 24.1 Å². The highest BCUT2D eigenvalue weighted by Crippen LogP contribution is 2.30. The fourth-order valence-corrected chi connectivity index (χ4v) is 2.44. The maximum Gasteiger partial charge on any atom is 0.327 e. The van der Waals surface area contributed by atoms with Crippen LogP contribution in [0.5, 0.6) is 0 Å². The minimum Gasteiger partial charge on any atom is -0.468 e. The largest absolute Gasteiger partial charge is 0.468 e. The summed E-state index contributed by atoms with van der Waals surface area (Å²) in [6, 6.07) is 1.03. The average Bonchev–Trinajstić information content (AvgIpc) is 2.94. The number of nitrogens with zero attached hydrogens (tertiary/aromatic N) is 1. The van der Waals surface area contributed by atoms with Gasteiger partial charge in [-0.2, -0.15) is 0 Å². The molecule has 2 aliphatic rings. The number of rotatable bonds is 4. The Labute approximate surface area is 97.3 Å². The molecule has 2 rings (SSSR count). The van der Waals surface area contributed by atoms with Gasteiger partial charge in [0.2, 0.25) is 0 Å². The molecule has 4 nitrogen and oxygen atoms in total. The molecule has 4 heteroatoms. The normalized spacial score (nSPS) is 31.0. The second-order valence-electron chi connectivity index (χ2n) is 5.31. The number of carbonyl (C=O) groups is 1. The van der Waals surface area contributed by atoms with E-state index < -0.39 is 5.54 Å². The van der Waals surface area contributed by atoms with Gasteiger partial charge in [-0.25, -0.2) is 0 Å². The van der Waals surface area contributed by atoms with Crippen LogP contribution in [0.1, 0.15) is 33.1 Å². The summed E-state index contributed by atoms with van der Waals surface area (Å²) in [7, 11) is 1.48. The summed E-state index contributed by atoms with van der Waals surface area (Å²) < 4.78 is 4.97. The number of hydrogen-bond donors (Lipinski definition) is 1. The van der Waals surface area contributed by atoms with Crippen molar-refractivity contribution in [1.29, 1.82) is 0 Å².